The molecule has 1 aliphatic heterocycles. The van der Waals surface area contributed by atoms with Crippen LogP contribution < -0.4 is 0 Å². The fourth-order valence-electron chi connectivity index (χ4n) is 3.80. The Kier molecular flexibility index (Phi) is 1.56. The molecule has 4 aliphatic rings. The van der Waals surface area contributed by atoms with Gasteiger partial charge in [-0.2, -0.15) is 0 Å². The van der Waals surface area contributed by atoms with Gasteiger partial charge in [0.15, 0.2) is 0 Å². The molecule has 78 valence electrons. The fourth-order valence-corrected chi connectivity index (χ4v) is 6.22. The van der Waals surface area contributed by atoms with Crippen molar-refractivity contribution in [3.05, 3.63) is 10.9 Å². The molecule has 0 saturated heterocycles. The van der Waals surface area contributed by atoms with Gasteiger partial charge in [0.1, 0.15) is 7.14 Å². The number of hydrogen-bond donors (Lipinski definition) is 0. The summed E-state index contributed by atoms with van der Waals surface area (Å²) in [5.41, 5.74) is 2.13. The molecular weight excluding hydrogens is 191 g/mol. The average Bonchev–Trinajstić information content (AvgIpc) is 2.42. The lowest BCUT2D eigenvalue weighted by Gasteiger charge is -2.57. The van der Waals surface area contributed by atoms with Crippen LogP contribution in [0.5, 0.6) is 0 Å². The summed E-state index contributed by atoms with van der Waals surface area (Å²) in [5.74, 6) is 1.62. The Morgan fingerprint density at radius 2 is 2.14 bits per heavy atom. The summed E-state index contributed by atoms with van der Waals surface area (Å²) in [6.07, 6.45) is 4.65. The van der Waals surface area contributed by atoms with Crippen LogP contribution in [0.1, 0.15) is 33.1 Å². The van der Waals surface area contributed by atoms with Gasteiger partial charge in [-0.15, -0.1) is 0 Å². The first-order chi connectivity index (χ1) is 6.43. The van der Waals surface area contributed by atoms with Crippen molar-refractivity contribution in [3.63, 3.8) is 0 Å². The number of rotatable bonds is 0. The minimum absolute atomic E-state index is 0.517. The van der Waals surface area contributed by atoms with Crippen molar-refractivity contribution < 1.29 is 4.57 Å². The highest BCUT2D eigenvalue weighted by atomic mass is 31.2. The molecule has 0 spiro atoms. The van der Waals surface area contributed by atoms with Gasteiger partial charge in [0.25, 0.3) is 0 Å². The maximum Gasteiger partial charge on any atom is 0.109 e. The highest BCUT2D eigenvalue weighted by Gasteiger charge is 2.56. The SMILES string of the molecule is CC1(C)C2CC3=C(CCP3(C)=O)C1C2. The van der Waals surface area contributed by atoms with Gasteiger partial charge in [-0.05, 0) is 48.5 Å². The summed E-state index contributed by atoms with van der Waals surface area (Å²) in [5, 5.41) is 1.41. The summed E-state index contributed by atoms with van der Waals surface area (Å²) < 4.78 is 12.3. The predicted molar refractivity (Wildman–Crippen MR) is 60.0 cm³/mol. The van der Waals surface area contributed by atoms with E-state index in [1.807, 2.05) is 6.66 Å². The molecule has 3 atom stereocenters. The Hall–Kier alpha value is -0.0300. The van der Waals surface area contributed by atoms with E-state index in [-0.39, 0.29) is 0 Å². The molecule has 1 fully saturated rings. The Morgan fingerprint density at radius 1 is 1.43 bits per heavy atom. The molecule has 14 heavy (non-hydrogen) atoms. The zero-order chi connectivity index (χ0) is 10.1. The Balaban J connectivity index is 2.08. The summed E-state index contributed by atoms with van der Waals surface area (Å²) in [4.78, 5) is 0. The molecule has 0 amide bonds. The van der Waals surface area contributed by atoms with Crippen molar-refractivity contribution in [3.8, 4) is 0 Å². The van der Waals surface area contributed by atoms with E-state index in [2.05, 4.69) is 13.8 Å². The van der Waals surface area contributed by atoms with Crippen LogP contribution in [0.15, 0.2) is 10.9 Å². The molecule has 0 radical (unpaired) electrons. The Bertz CT molecular complexity index is 378. The van der Waals surface area contributed by atoms with Crippen molar-refractivity contribution in [2.75, 3.05) is 12.8 Å². The molecule has 4 rings (SSSR count). The normalized spacial score (nSPS) is 48.8. The zero-order valence-electron chi connectivity index (χ0n) is 9.34. The first-order valence-corrected chi connectivity index (χ1v) is 8.06. The smallest absolute Gasteiger partial charge is 0.109 e. The van der Waals surface area contributed by atoms with Gasteiger partial charge in [0, 0.05) is 6.16 Å². The van der Waals surface area contributed by atoms with Crippen LogP contribution in [0.4, 0.5) is 0 Å². The summed E-state index contributed by atoms with van der Waals surface area (Å²) in [7, 11) is -1.86. The van der Waals surface area contributed by atoms with Crippen LogP contribution >= 0.6 is 7.14 Å². The number of allylic oxidation sites excluding steroid dienone is 2. The average molecular weight is 210 g/mol. The minimum atomic E-state index is -1.86. The summed E-state index contributed by atoms with van der Waals surface area (Å²) in [6.45, 7) is 6.80. The highest BCUT2D eigenvalue weighted by molar-refractivity contribution is 7.67. The second-order valence-corrected chi connectivity index (χ2v) is 9.25. The second kappa shape index (κ2) is 2.38. The summed E-state index contributed by atoms with van der Waals surface area (Å²) >= 11 is 0. The first-order valence-electron chi connectivity index (χ1n) is 5.72. The Labute approximate surface area is 86.3 Å². The molecule has 0 N–H and O–H groups in total. The van der Waals surface area contributed by atoms with Crippen LogP contribution in [-0.2, 0) is 4.57 Å². The highest BCUT2D eigenvalue weighted by Crippen LogP contribution is 2.72. The van der Waals surface area contributed by atoms with Crippen LogP contribution in [0, 0.1) is 17.3 Å². The molecule has 3 aliphatic carbocycles. The van der Waals surface area contributed by atoms with E-state index in [4.69, 9.17) is 0 Å². The maximum absolute atomic E-state index is 12.3. The largest absolute Gasteiger partial charge is 0.319 e. The maximum atomic E-state index is 12.3. The predicted octanol–water partition coefficient (Wildman–Crippen LogP) is 3.70. The van der Waals surface area contributed by atoms with Crippen LogP contribution in [-0.4, -0.2) is 12.8 Å². The lowest BCUT2D eigenvalue weighted by Crippen LogP contribution is -2.48. The zero-order valence-corrected chi connectivity index (χ0v) is 10.2. The van der Waals surface area contributed by atoms with Gasteiger partial charge < -0.3 is 4.57 Å². The van der Waals surface area contributed by atoms with Crippen LogP contribution in [0.25, 0.3) is 0 Å². The molecule has 3 unspecified atom stereocenters. The van der Waals surface area contributed by atoms with Crippen molar-refractivity contribution in [1.29, 1.82) is 0 Å². The van der Waals surface area contributed by atoms with Gasteiger partial charge in [-0.25, -0.2) is 0 Å². The standard InChI is InChI=1S/C12H19OP/c1-12(2)8-6-10(12)9-4-5-14(3,13)11(9)7-8/h8,10H,4-7H2,1-3H3. The molecule has 2 heteroatoms. The Morgan fingerprint density at radius 3 is 2.79 bits per heavy atom. The van der Waals surface area contributed by atoms with Gasteiger partial charge in [0.2, 0.25) is 0 Å². The van der Waals surface area contributed by atoms with Crippen molar-refractivity contribution in [2.24, 2.45) is 17.3 Å². The third kappa shape index (κ3) is 0.902. The third-order valence-electron chi connectivity index (χ3n) is 5.08. The van der Waals surface area contributed by atoms with Gasteiger partial charge in [0.05, 0.1) is 0 Å². The molecule has 1 heterocycles. The van der Waals surface area contributed by atoms with Crippen LogP contribution in [0.2, 0.25) is 0 Å². The van der Waals surface area contributed by atoms with E-state index in [1.165, 1.54) is 11.7 Å². The van der Waals surface area contributed by atoms with Gasteiger partial charge in [-0.1, -0.05) is 19.4 Å². The first kappa shape index (κ1) is 9.21. The van der Waals surface area contributed by atoms with E-state index in [9.17, 15) is 4.57 Å². The van der Waals surface area contributed by atoms with E-state index in [0.717, 1.165) is 30.8 Å². The third-order valence-corrected chi connectivity index (χ3v) is 7.77. The number of hydrogen-bond acceptors (Lipinski definition) is 1. The van der Waals surface area contributed by atoms with E-state index < -0.39 is 7.14 Å². The van der Waals surface area contributed by atoms with E-state index in [0.29, 0.717) is 5.41 Å². The second-order valence-electron chi connectivity index (χ2n) is 6.06. The summed E-state index contributed by atoms with van der Waals surface area (Å²) in [6, 6.07) is 0. The monoisotopic (exact) mass is 210 g/mol. The molecule has 1 saturated carbocycles. The fraction of sp³-hybridized carbons (Fsp3) is 0.833. The molecule has 0 aromatic carbocycles. The topological polar surface area (TPSA) is 17.1 Å². The van der Waals surface area contributed by atoms with Crippen molar-refractivity contribution in [1.82, 2.24) is 0 Å². The van der Waals surface area contributed by atoms with E-state index >= 15 is 0 Å². The minimum Gasteiger partial charge on any atom is -0.319 e. The molecule has 2 bridgehead atoms. The molecule has 0 aromatic rings. The molecule has 1 nitrogen and oxygen atoms in total. The molecule has 0 aromatic heterocycles. The van der Waals surface area contributed by atoms with Crippen molar-refractivity contribution in [2.45, 2.75) is 33.1 Å². The van der Waals surface area contributed by atoms with Crippen molar-refractivity contribution >= 4 is 7.14 Å². The van der Waals surface area contributed by atoms with Crippen LogP contribution in [0.3, 0.4) is 0 Å². The van der Waals surface area contributed by atoms with Gasteiger partial charge in [-0.3, -0.25) is 0 Å². The quantitative estimate of drug-likeness (QED) is 0.557. The van der Waals surface area contributed by atoms with Gasteiger partial charge >= 0.3 is 0 Å². The molecular formula is C12H19OP. The van der Waals surface area contributed by atoms with E-state index in [1.54, 1.807) is 5.57 Å². The lowest BCUT2D eigenvalue weighted by molar-refractivity contribution is -0.00845. The lowest BCUT2D eigenvalue weighted by atomic mass is 9.48.